The van der Waals surface area contributed by atoms with Crippen molar-refractivity contribution in [2.45, 2.75) is 26.2 Å². The number of hydrogen-bond acceptors (Lipinski definition) is 1. The van der Waals surface area contributed by atoms with Crippen molar-refractivity contribution in [1.82, 2.24) is 0 Å². The van der Waals surface area contributed by atoms with Crippen LogP contribution in [0.5, 0.6) is 0 Å². The quantitative estimate of drug-likeness (QED) is 0.837. The molecule has 1 atom stereocenters. The molecule has 0 aromatic heterocycles. The molecule has 1 nitrogen and oxygen atoms in total. The van der Waals surface area contributed by atoms with Crippen molar-refractivity contribution in [2.24, 2.45) is 17.1 Å². The first-order valence-electron chi connectivity index (χ1n) is 5.70. The van der Waals surface area contributed by atoms with Crippen molar-refractivity contribution in [3.63, 3.8) is 0 Å². The third-order valence-electron chi connectivity index (χ3n) is 3.67. The molecule has 0 radical (unpaired) electrons. The lowest BCUT2D eigenvalue weighted by Crippen LogP contribution is -2.32. The van der Waals surface area contributed by atoms with E-state index >= 15 is 0 Å². The van der Waals surface area contributed by atoms with Gasteiger partial charge in [0.2, 0.25) is 0 Å². The van der Waals surface area contributed by atoms with E-state index in [-0.39, 0.29) is 11.0 Å². The monoisotopic (exact) mass is 225 g/mol. The molecule has 1 aliphatic carbocycles. The molecular weight excluding hydrogens is 208 g/mol. The maximum Gasteiger partial charge on any atom is 0.129 e. The Kier molecular flexibility index (Phi) is 2.98. The zero-order valence-electron chi connectivity index (χ0n) is 9.47. The Balaban J connectivity index is 2.25. The number of benzene rings is 1. The van der Waals surface area contributed by atoms with Crippen molar-refractivity contribution in [1.29, 1.82) is 0 Å². The highest BCUT2D eigenvalue weighted by atomic mass is 19.1. The molecule has 1 aromatic rings. The van der Waals surface area contributed by atoms with E-state index in [0.29, 0.717) is 18.9 Å². The average molecular weight is 225 g/mol. The van der Waals surface area contributed by atoms with Gasteiger partial charge in [-0.25, -0.2) is 8.78 Å². The van der Waals surface area contributed by atoms with Crippen LogP contribution in [0.3, 0.4) is 0 Å². The van der Waals surface area contributed by atoms with E-state index in [2.05, 4.69) is 0 Å². The topological polar surface area (TPSA) is 26.0 Å². The Labute approximate surface area is 94.7 Å². The fraction of sp³-hybridized carbons (Fsp3) is 0.538. The van der Waals surface area contributed by atoms with E-state index in [1.54, 1.807) is 0 Å². The molecule has 3 heteroatoms. The SMILES string of the molecule is CC(CN)(Cc1c(F)cccc1F)C1CC1. The van der Waals surface area contributed by atoms with E-state index < -0.39 is 11.6 Å². The van der Waals surface area contributed by atoms with Crippen LogP contribution in [0.4, 0.5) is 8.78 Å². The van der Waals surface area contributed by atoms with Gasteiger partial charge >= 0.3 is 0 Å². The lowest BCUT2D eigenvalue weighted by atomic mass is 9.79. The molecule has 1 unspecified atom stereocenters. The van der Waals surface area contributed by atoms with Crippen LogP contribution in [0.2, 0.25) is 0 Å². The number of halogens is 2. The van der Waals surface area contributed by atoms with Gasteiger partial charge in [0.05, 0.1) is 0 Å². The average Bonchev–Trinajstić information content (AvgIpc) is 3.07. The fourth-order valence-corrected chi connectivity index (χ4v) is 2.27. The van der Waals surface area contributed by atoms with E-state index in [0.717, 1.165) is 12.8 Å². The van der Waals surface area contributed by atoms with Crippen LogP contribution in [0.25, 0.3) is 0 Å². The first-order chi connectivity index (χ1) is 7.57. The summed E-state index contributed by atoms with van der Waals surface area (Å²) < 4.78 is 27.0. The smallest absolute Gasteiger partial charge is 0.129 e. The summed E-state index contributed by atoms with van der Waals surface area (Å²) in [5, 5.41) is 0. The second-order valence-electron chi connectivity index (χ2n) is 5.01. The molecule has 1 aliphatic rings. The highest BCUT2D eigenvalue weighted by Gasteiger charge is 2.41. The van der Waals surface area contributed by atoms with Gasteiger partial charge in [-0.3, -0.25) is 0 Å². The predicted molar refractivity (Wildman–Crippen MR) is 59.9 cm³/mol. The Morgan fingerprint density at radius 3 is 2.31 bits per heavy atom. The van der Waals surface area contributed by atoms with Crippen LogP contribution in [-0.2, 0) is 6.42 Å². The van der Waals surface area contributed by atoms with Crippen LogP contribution < -0.4 is 5.73 Å². The molecule has 0 saturated heterocycles. The van der Waals surface area contributed by atoms with Gasteiger partial charge < -0.3 is 5.73 Å². The van der Waals surface area contributed by atoms with Crippen LogP contribution in [-0.4, -0.2) is 6.54 Å². The highest BCUT2D eigenvalue weighted by Crippen LogP contribution is 2.47. The van der Waals surface area contributed by atoms with Gasteiger partial charge in [-0.2, -0.15) is 0 Å². The molecule has 88 valence electrons. The predicted octanol–water partition coefficient (Wildman–Crippen LogP) is 2.88. The van der Waals surface area contributed by atoms with Gasteiger partial charge in [-0.15, -0.1) is 0 Å². The van der Waals surface area contributed by atoms with E-state index in [4.69, 9.17) is 5.73 Å². The standard InChI is InChI=1S/C13H17F2N/c1-13(8-16,9-5-6-9)7-10-11(14)3-2-4-12(10)15/h2-4,9H,5-8,16H2,1H3. The molecule has 0 aliphatic heterocycles. The summed E-state index contributed by atoms with van der Waals surface area (Å²) in [4.78, 5) is 0. The van der Waals surface area contributed by atoms with E-state index in [9.17, 15) is 8.78 Å². The molecule has 2 N–H and O–H groups in total. The van der Waals surface area contributed by atoms with Crippen molar-refractivity contribution in [2.75, 3.05) is 6.54 Å². The number of nitrogens with two attached hydrogens (primary N) is 1. The van der Waals surface area contributed by atoms with Crippen LogP contribution >= 0.6 is 0 Å². The van der Waals surface area contributed by atoms with Gasteiger partial charge in [0.1, 0.15) is 11.6 Å². The van der Waals surface area contributed by atoms with Crippen LogP contribution in [0.15, 0.2) is 18.2 Å². The number of hydrogen-bond donors (Lipinski definition) is 1. The molecule has 2 rings (SSSR count). The summed E-state index contributed by atoms with van der Waals surface area (Å²) in [6.45, 7) is 2.50. The van der Waals surface area contributed by atoms with E-state index in [1.807, 2.05) is 6.92 Å². The lowest BCUT2D eigenvalue weighted by molar-refractivity contribution is 0.274. The summed E-state index contributed by atoms with van der Waals surface area (Å²) in [7, 11) is 0. The molecular formula is C13H17F2N. The van der Waals surface area contributed by atoms with Gasteiger partial charge in [-0.1, -0.05) is 13.0 Å². The molecule has 1 aromatic carbocycles. The third kappa shape index (κ3) is 2.09. The first-order valence-corrected chi connectivity index (χ1v) is 5.70. The zero-order chi connectivity index (χ0) is 11.8. The Morgan fingerprint density at radius 1 is 1.31 bits per heavy atom. The molecule has 0 amide bonds. The maximum absolute atomic E-state index is 13.5. The van der Waals surface area contributed by atoms with Gasteiger partial charge in [0.25, 0.3) is 0 Å². The van der Waals surface area contributed by atoms with Crippen molar-refractivity contribution in [3.8, 4) is 0 Å². The maximum atomic E-state index is 13.5. The number of rotatable bonds is 4. The van der Waals surface area contributed by atoms with Crippen molar-refractivity contribution >= 4 is 0 Å². The van der Waals surface area contributed by atoms with Gasteiger partial charge in [0, 0.05) is 5.56 Å². The molecule has 1 saturated carbocycles. The molecule has 16 heavy (non-hydrogen) atoms. The third-order valence-corrected chi connectivity index (χ3v) is 3.67. The first kappa shape index (κ1) is 11.5. The van der Waals surface area contributed by atoms with E-state index in [1.165, 1.54) is 18.2 Å². The molecule has 0 spiro atoms. The minimum Gasteiger partial charge on any atom is -0.330 e. The summed E-state index contributed by atoms with van der Waals surface area (Å²) in [5.74, 6) is -0.392. The summed E-state index contributed by atoms with van der Waals surface area (Å²) in [5.41, 5.74) is 5.77. The Morgan fingerprint density at radius 2 is 1.88 bits per heavy atom. The Hall–Kier alpha value is -0.960. The second kappa shape index (κ2) is 4.13. The molecule has 0 heterocycles. The van der Waals surface area contributed by atoms with Crippen LogP contribution in [0, 0.1) is 23.0 Å². The lowest BCUT2D eigenvalue weighted by Gasteiger charge is -2.28. The van der Waals surface area contributed by atoms with Gasteiger partial charge in [0.15, 0.2) is 0 Å². The van der Waals surface area contributed by atoms with Gasteiger partial charge in [-0.05, 0) is 49.3 Å². The Bertz CT molecular complexity index is 367. The summed E-state index contributed by atoms with van der Waals surface area (Å²) >= 11 is 0. The minimum absolute atomic E-state index is 0.164. The van der Waals surface area contributed by atoms with Crippen molar-refractivity contribution in [3.05, 3.63) is 35.4 Å². The largest absolute Gasteiger partial charge is 0.330 e. The zero-order valence-corrected chi connectivity index (χ0v) is 9.47. The fourth-order valence-electron chi connectivity index (χ4n) is 2.27. The molecule has 0 bridgehead atoms. The highest BCUT2D eigenvalue weighted by molar-refractivity contribution is 5.22. The summed E-state index contributed by atoms with van der Waals surface area (Å²) in [6.07, 6.45) is 2.65. The molecule has 1 fully saturated rings. The second-order valence-corrected chi connectivity index (χ2v) is 5.01. The minimum atomic E-state index is -0.458. The van der Waals surface area contributed by atoms with Crippen LogP contribution in [0.1, 0.15) is 25.3 Å². The van der Waals surface area contributed by atoms with Crippen molar-refractivity contribution < 1.29 is 8.78 Å². The summed E-state index contributed by atoms with van der Waals surface area (Å²) in [6, 6.07) is 4.01. The normalized spacial score (nSPS) is 19.5.